The van der Waals surface area contributed by atoms with Crippen LogP contribution in [0.4, 0.5) is 5.69 Å². The minimum Gasteiger partial charge on any atom is -1.00 e. The summed E-state index contributed by atoms with van der Waals surface area (Å²) in [6, 6.07) is 10.3. The summed E-state index contributed by atoms with van der Waals surface area (Å²) in [6.45, 7) is 0. The molecule has 0 fully saturated rings. The van der Waals surface area contributed by atoms with Gasteiger partial charge in [-0.3, -0.25) is 15.1 Å². The molecule has 3 rings (SSSR count). The molecular formula is C14H9BrN3O2S-. The smallest absolute Gasteiger partial charge is 0.270 e. The third-order valence-electron chi connectivity index (χ3n) is 2.78. The molecule has 0 atom stereocenters. The van der Waals surface area contributed by atoms with E-state index in [1.54, 1.807) is 18.5 Å². The van der Waals surface area contributed by atoms with Gasteiger partial charge in [0.15, 0.2) is 0 Å². The molecule has 0 aliphatic heterocycles. The molecule has 0 radical (unpaired) electrons. The summed E-state index contributed by atoms with van der Waals surface area (Å²) in [5.41, 5.74) is 2.55. The average molecular weight is 363 g/mol. The van der Waals surface area contributed by atoms with Gasteiger partial charge in [-0.2, -0.15) is 0 Å². The predicted octanol–water partition coefficient (Wildman–Crippen LogP) is 0.784. The fourth-order valence-corrected chi connectivity index (χ4v) is 2.65. The number of pyridine rings is 1. The van der Waals surface area contributed by atoms with Crippen molar-refractivity contribution in [3.63, 3.8) is 0 Å². The molecule has 0 saturated carbocycles. The largest absolute Gasteiger partial charge is 1.00 e. The molecule has 0 bridgehead atoms. The maximum Gasteiger partial charge on any atom is 0.270 e. The lowest BCUT2D eigenvalue weighted by molar-refractivity contribution is -0.384. The van der Waals surface area contributed by atoms with E-state index in [1.165, 1.54) is 23.5 Å². The number of hydrogen-bond acceptors (Lipinski definition) is 5. The minimum absolute atomic E-state index is 0. The number of benzene rings is 1. The van der Waals surface area contributed by atoms with Crippen LogP contribution in [0.2, 0.25) is 0 Å². The third-order valence-corrected chi connectivity index (χ3v) is 3.68. The summed E-state index contributed by atoms with van der Waals surface area (Å²) >= 11 is 1.50. The fourth-order valence-electron chi connectivity index (χ4n) is 1.81. The van der Waals surface area contributed by atoms with Crippen molar-refractivity contribution in [3.05, 3.63) is 64.3 Å². The lowest BCUT2D eigenvalue weighted by Gasteiger charge is -1.97. The summed E-state index contributed by atoms with van der Waals surface area (Å²) < 4.78 is 0. The first kappa shape index (κ1) is 15.3. The monoisotopic (exact) mass is 362 g/mol. The molecule has 0 spiro atoms. The molecule has 3 aromatic rings. The van der Waals surface area contributed by atoms with Gasteiger partial charge < -0.3 is 17.0 Å². The van der Waals surface area contributed by atoms with Crippen molar-refractivity contribution in [2.75, 3.05) is 0 Å². The molecule has 5 nitrogen and oxygen atoms in total. The zero-order valence-electron chi connectivity index (χ0n) is 10.6. The normalized spacial score (nSPS) is 9.90. The lowest BCUT2D eigenvalue weighted by Crippen LogP contribution is -3.00. The standard InChI is InChI=1S/C14H9N3O2S.BrH/c18-17(19)12-3-1-2-11(8-12)13-9-20-14(16-13)10-4-6-15-7-5-10;/h1-9H;1H/p-1. The Hall–Kier alpha value is -2.12. The molecule has 106 valence electrons. The Morgan fingerprint density at radius 2 is 1.86 bits per heavy atom. The van der Waals surface area contributed by atoms with E-state index in [1.807, 2.05) is 23.6 Å². The highest BCUT2D eigenvalue weighted by molar-refractivity contribution is 7.13. The van der Waals surface area contributed by atoms with Crippen LogP contribution in [0.25, 0.3) is 21.8 Å². The topological polar surface area (TPSA) is 68.9 Å². The Balaban J connectivity index is 0.00000161. The maximum absolute atomic E-state index is 10.8. The van der Waals surface area contributed by atoms with Crippen LogP contribution in [0.3, 0.4) is 0 Å². The summed E-state index contributed by atoms with van der Waals surface area (Å²) in [7, 11) is 0. The van der Waals surface area contributed by atoms with Crippen molar-refractivity contribution in [2.24, 2.45) is 0 Å². The van der Waals surface area contributed by atoms with Gasteiger partial charge in [-0.25, -0.2) is 4.98 Å². The molecule has 0 unspecified atom stereocenters. The van der Waals surface area contributed by atoms with Crippen LogP contribution in [0.1, 0.15) is 0 Å². The SMILES string of the molecule is O=[N+]([O-])c1cccc(-c2csc(-c3ccncc3)n2)c1.[Br-]. The molecule has 0 amide bonds. The van der Waals surface area contributed by atoms with Crippen LogP contribution >= 0.6 is 11.3 Å². The Morgan fingerprint density at radius 1 is 1.10 bits per heavy atom. The second kappa shape index (κ2) is 6.55. The molecule has 7 heteroatoms. The van der Waals surface area contributed by atoms with Gasteiger partial charge in [0.25, 0.3) is 5.69 Å². The second-order valence-corrected chi connectivity index (χ2v) is 4.94. The molecule has 2 aromatic heterocycles. The van der Waals surface area contributed by atoms with Gasteiger partial charge in [-0.15, -0.1) is 11.3 Å². The van der Waals surface area contributed by atoms with Crippen LogP contribution < -0.4 is 17.0 Å². The average Bonchev–Trinajstić information content (AvgIpc) is 2.98. The fraction of sp³-hybridized carbons (Fsp3) is 0. The van der Waals surface area contributed by atoms with E-state index in [4.69, 9.17) is 0 Å². The zero-order chi connectivity index (χ0) is 13.9. The summed E-state index contributed by atoms with van der Waals surface area (Å²) in [4.78, 5) is 18.9. The molecule has 0 saturated heterocycles. The highest BCUT2D eigenvalue weighted by atomic mass is 79.9. The van der Waals surface area contributed by atoms with Gasteiger partial charge >= 0.3 is 0 Å². The summed E-state index contributed by atoms with van der Waals surface area (Å²) in [6.07, 6.45) is 3.42. The Kier molecular flexibility index (Phi) is 4.77. The van der Waals surface area contributed by atoms with Crippen molar-refractivity contribution in [1.29, 1.82) is 0 Å². The predicted molar refractivity (Wildman–Crippen MR) is 77.4 cm³/mol. The van der Waals surface area contributed by atoms with E-state index in [-0.39, 0.29) is 22.7 Å². The van der Waals surface area contributed by atoms with E-state index >= 15 is 0 Å². The van der Waals surface area contributed by atoms with Crippen molar-refractivity contribution in [2.45, 2.75) is 0 Å². The van der Waals surface area contributed by atoms with Crippen LogP contribution in [0, 0.1) is 10.1 Å². The quantitative estimate of drug-likeness (QED) is 0.510. The van der Waals surface area contributed by atoms with E-state index < -0.39 is 4.92 Å². The number of thiazole rings is 1. The van der Waals surface area contributed by atoms with Crippen molar-refractivity contribution in [3.8, 4) is 21.8 Å². The number of aromatic nitrogens is 2. The minimum atomic E-state index is -0.403. The Morgan fingerprint density at radius 3 is 2.57 bits per heavy atom. The van der Waals surface area contributed by atoms with Crippen LogP contribution in [0.15, 0.2) is 54.2 Å². The van der Waals surface area contributed by atoms with E-state index in [0.29, 0.717) is 0 Å². The van der Waals surface area contributed by atoms with Crippen LogP contribution in [0.5, 0.6) is 0 Å². The first-order chi connectivity index (χ1) is 9.74. The Bertz CT molecular complexity index is 762. The first-order valence-corrected chi connectivity index (χ1v) is 6.73. The first-order valence-electron chi connectivity index (χ1n) is 5.85. The highest BCUT2D eigenvalue weighted by Crippen LogP contribution is 2.29. The van der Waals surface area contributed by atoms with Gasteiger partial charge in [0.05, 0.1) is 10.6 Å². The molecule has 0 aliphatic rings. The molecule has 1 aromatic carbocycles. The number of nitro benzene ring substituents is 1. The van der Waals surface area contributed by atoms with Gasteiger partial charge in [-0.05, 0) is 12.1 Å². The van der Waals surface area contributed by atoms with Crippen LogP contribution in [-0.4, -0.2) is 14.9 Å². The third kappa shape index (κ3) is 3.32. The Labute approximate surface area is 135 Å². The van der Waals surface area contributed by atoms with E-state index in [9.17, 15) is 10.1 Å². The van der Waals surface area contributed by atoms with Crippen molar-refractivity contribution < 1.29 is 21.9 Å². The van der Waals surface area contributed by atoms with E-state index in [0.717, 1.165) is 21.8 Å². The maximum atomic E-state index is 10.8. The van der Waals surface area contributed by atoms with Gasteiger partial charge in [0, 0.05) is 41.0 Å². The zero-order valence-corrected chi connectivity index (χ0v) is 13.0. The van der Waals surface area contributed by atoms with Gasteiger partial charge in [0.2, 0.25) is 0 Å². The molecule has 0 aliphatic carbocycles. The van der Waals surface area contributed by atoms with Crippen molar-refractivity contribution >= 4 is 17.0 Å². The van der Waals surface area contributed by atoms with Crippen LogP contribution in [-0.2, 0) is 0 Å². The number of hydrogen-bond donors (Lipinski definition) is 0. The number of nitrogens with zero attached hydrogens (tertiary/aromatic N) is 3. The number of nitro groups is 1. The summed E-state index contributed by atoms with van der Waals surface area (Å²) in [5, 5.41) is 13.6. The number of non-ortho nitro benzene ring substituents is 1. The van der Waals surface area contributed by atoms with Gasteiger partial charge in [-0.1, -0.05) is 12.1 Å². The van der Waals surface area contributed by atoms with E-state index in [2.05, 4.69) is 9.97 Å². The number of halogens is 1. The molecule has 2 heterocycles. The van der Waals surface area contributed by atoms with Gasteiger partial charge in [0.1, 0.15) is 5.01 Å². The highest BCUT2D eigenvalue weighted by Gasteiger charge is 2.10. The molecular weight excluding hydrogens is 354 g/mol. The van der Waals surface area contributed by atoms with Crippen molar-refractivity contribution in [1.82, 2.24) is 9.97 Å². The summed E-state index contributed by atoms with van der Waals surface area (Å²) in [5.74, 6) is 0. The second-order valence-electron chi connectivity index (χ2n) is 4.08. The lowest BCUT2D eigenvalue weighted by atomic mass is 10.1. The molecule has 21 heavy (non-hydrogen) atoms. The molecule has 0 N–H and O–H groups in total. The number of rotatable bonds is 3.